The van der Waals surface area contributed by atoms with Gasteiger partial charge in [-0.05, 0) is 19.3 Å². The van der Waals surface area contributed by atoms with Crippen LogP contribution in [-0.2, 0) is 14.3 Å². The number of esters is 1. The molecule has 0 aliphatic carbocycles. The average Bonchev–Trinajstić information content (AvgIpc) is 2.18. The molecule has 0 atom stereocenters. The lowest BCUT2D eigenvalue weighted by Crippen LogP contribution is -2.37. The highest BCUT2D eigenvalue weighted by molar-refractivity contribution is 5.77. The van der Waals surface area contributed by atoms with E-state index in [4.69, 9.17) is 9.47 Å². The van der Waals surface area contributed by atoms with Crippen LogP contribution in [0.15, 0.2) is 12.7 Å². The Morgan fingerprint density at radius 2 is 2.23 bits per heavy atom. The van der Waals surface area contributed by atoms with Crippen molar-refractivity contribution >= 4 is 5.97 Å². The summed E-state index contributed by atoms with van der Waals surface area (Å²) in [5, 5.41) is 0. The second-order valence-corrected chi connectivity index (χ2v) is 3.38. The van der Waals surface area contributed by atoms with E-state index in [1.807, 2.05) is 0 Å². The summed E-state index contributed by atoms with van der Waals surface area (Å²) in [4.78, 5) is 11.6. The standard InChI is InChI=1S/C10H16O3/c1-3-4-10(9(11)12-2)5-7-13-8-6-10/h3H,1,4-8H2,2H3. The van der Waals surface area contributed by atoms with Crippen molar-refractivity contribution in [3.63, 3.8) is 0 Å². The molecule has 3 heteroatoms. The molecule has 0 unspecified atom stereocenters. The number of carbonyl (C=O) groups excluding carboxylic acids is 1. The van der Waals surface area contributed by atoms with Crippen LogP contribution >= 0.6 is 0 Å². The molecule has 1 aliphatic heterocycles. The highest BCUT2D eigenvalue weighted by Crippen LogP contribution is 2.35. The molecule has 0 bridgehead atoms. The van der Waals surface area contributed by atoms with Crippen molar-refractivity contribution in [2.75, 3.05) is 20.3 Å². The van der Waals surface area contributed by atoms with Crippen molar-refractivity contribution in [2.24, 2.45) is 5.41 Å². The fraction of sp³-hybridized carbons (Fsp3) is 0.700. The highest BCUT2D eigenvalue weighted by atomic mass is 16.5. The van der Waals surface area contributed by atoms with Gasteiger partial charge in [-0.15, -0.1) is 6.58 Å². The van der Waals surface area contributed by atoms with Crippen LogP contribution < -0.4 is 0 Å². The summed E-state index contributed by atoms with van der Waals surface area (Å²) in [7, 11) is 1.43. The van der Waals surface area contributed by atoms with Gasteiger partial charge in [-0.1, -0.05) is 6.08 Å². The number of allylic oxidation sites excluding steroid dienone is 1. The third-order valence-corrected chi connectivity index (χ3v) is 2.60. The van der Waals surface area contributed by atoms with E-state index in [1.165, 1.54) is 7.11 Å². The maximum absolute atomic E-state index is 11.6. The van der Waals surface area contributed by atoms with Crippen molar-refractivity contribution in [3.8, 4) is 0 Å². The molecule has 0 spiro atoms. The minimum atomic E-state index is -0.366. The number of methoxy groups -OCH3 is 1. The predicted octanol–water partition coefficient (Wildman–Crippen LogP) is 1.53. The van der Waals surface area contributed by atoms with Gasteiger partial charge in [0.1, 0.15) is 0 Å². The first-order valence-corrected chi connectivity index (χ1v) is 4.52. The first kappa shape index (κ1) is 10.3. The number of ether oxygens (including phenoxy) is 2. The maximum atomic E-state index is 11.6. The summed E-state index contributed by atoms with van der Waals surface area (Å²) in [5.74, 6) is -0.129. The van der Waals surface area contributed by atoms with Crippen molar-refractivity contribution in [1.82, 2.24) is 0 Å². The van der Waals surface area contributed by atoms with Gasteiger partial charge in [-0.2, -0.15) is 0 Å². The molecule has 13 heavy (non-hydrogen) atoms. The summed E-state index contributed by atoms with van der Waals surface area (Å²) in [5.41, 5.74) is -0.366. The van der Waals surface area contributed by atoms with Gasteiger partial charge >= 0.3 is 5.97 Å². The van der Waals surface area contributed by atoms with Crippen LogP contribution in [0.4, 0.5) is 0 Å². The number of hydrogen-bond acceptors (Lipinski definition) is 3. The van der Waals surface area contributed by atoms with Crippen molar-refractivity contribution in [1.29, 1.82) is 0 Å². The molecule has 0 amide bonds. The molecule has 1 heterocycles. The van der Waals surface area contributed by atoms with Gasteiger partial charge in [0, 0.05) is 13.2 Å². The molecular formula is C10H16O3. The zero-order valence-electron chi connectivity index (χ0n) is 8.04. The second-order valence-electron chi connectivity index (χ2n) is 3.38. The Balaban J connectivity index is 2.71. The fourth-order valence-corrected chi connectivity index (χ4v) is 1.75. The molecule has 1 rings (SSSR count). The van der Waals surface area contributed by atoms with Gasteiger partial charge in [0.25, 0.3) is 0 Å². The lowest BCUT2D eigenvalue weighted by molar-refractivity contribution is -0.158. The summed E-state index contributed by atoms with van der Waals surface area (Å²) in [6.45, 7) is 4.95. The van der Waals surface area contributed by atoms with E-state index in [9.17, 15) is 4.79 Å². The molecule has 0 aromatic heterocycles. The quantitative estimate of drug-likeness (QED) is 0.493. The lowest BCUT2D eigenvalue weighted by Gasteiger charge is -2.33. The number of rotatable bonds is 3. The topological polar surface area (TPSA) is 35.5 Å². The molecule has 0 radical (unpaired) electrons. The van der Waals surface area contributed by atoms with E-state index in [-0.39, 0.29) is 11.4 Å². The molecule has 0 N–H and O–H groups in total. The van der Waals surface area contributed by atoms with Gasteiger partial charge in [0.05, 0.1) is 12.5 Å². The van der Waals surface area contributed by atoms with Gasteiger partial charge in [0.15, 0.2) is 0 Å². The Hall–Kier alpha value is -0.830. The Labute approximate surface area is 78.7 Å². The van der Waals surface area contributed by atoms with E-state index in [0.29, 0.717) is 19.6 Å². The van der Waals surface area contributed by atoms with Crippen molar-refractivity contribution in [2.45, 2.75) is 19.3 Å². The molecule has 0 saturated carbocycles. The van der Waals surface area contributed by atoms with E-state index < -0.39 is 0 Å². The number of carbonyl (C=O) groups is 1. The van der Waals surface area contributed by atoms with Gasteiger partial charge in [0.2, 0.25) is 0 Å². The lowest BCUT2D eigenvalue weighted by atomic mass is 9.77. The molecule has 1 fully saturated rings. The minimum Gasteiger partial charge on any atom is -0.469 e. The zero-order valence-corrected chi connectivity index (χ0v) is 8.04. The van der Waals surface area contributed by atoms with Gasteiger partial charge in [-0.25, -0.2) is 0 Å². The van der Waals surface area contributed by atoms with E-state index in [2.05, 4.69) is 6.58 Å². The first-order chi connectivity index (χ1) is 6.25. The zero-order chi connectivity index (χ0) is 9.73. The fourth-order valence-electron chi connectivity index (χ4n) is 1.75. The van der Waals surface area contributed by atoms with Gasteiger partial charge in [-0.3, -0.25) is 4.79 Å². The summed E-state index contributed by atoms with van der Waals surface area (Å²) in [6, 6.07) is 0. The highest BCUT2D eigenvalue weighted by Gasteiger charge is 2.39. The van der Waals surface area contributed by atoms with Crippen LogP contribution in [0, 0.1) is 5.41 Å². The molecule has 0 aromatic rings. The Kier molecular flexibility index (Phi) is 3.48. The number of hydrogen-bond donors (Lipinski definition) is 0. The third kappa shape index (κ3) is 2.10. The SMILES string of the molecule is C=CCC1(C(=O)OC)CCOCC1. The van der Waals surface area contributed by atoms with E-state index >= 15 is 0 Å². The minimum absolute atomic E-state index is 0.129. The molecule has 1 aliphatic rings. The van der Waals surface area contributed by atoms with E-state index in [0.717, 1.165) is 12.8 Å². The second kappa shape index (κ2) is 4.42. The molecule has 0 aromatic carbocycles. The Morgan fingerprint density at radius 1 is 1.62 bits per heavy atom. The molecule has 3 nitrogen and oxygen atoms in total. The maximum Gasteiger partial charge on any atom is 0.312 e. The molecular weight excluding hydrogens is 168 g/mol. The van der Waals surface area contributed by atoms with Crippen LogP contribution in [0.25, 0.3) is 0 Å². The van der Waals surface area contributed by atoms with Crippen LogP contribution in [0.3, 0.4) is 0 Å². The summed E-state index contributed by atoms with van der Waals surface area (Å²) in [6.07, 6.45) is 3.95. The Morgan fingerprint density at radius 3 is 2.69 bits per heavy atom. The Bertz CT molecular complexity index is 192. The van der Waals surface area contributed by atoms with Gasteiger partial charge < -0.3 is 9.47 Å². The smallest absolute Gasteiger partial charge is 0.312 e. The molecule has 1 saturated heterocycles. The molecule has 74 valence electrons. The third-order valence-electron chi connectivity index (χ3n) is 2.60. The average molecular weight is 184 g/mol. The summed E-state index contributed by atoms with van der Waals surface area (Å²) >= 11 is 0. The normalized spacial score (nSPS) is 20.7. The van der Waals surface area contributed by atoms with Crippen LogP contribution in [0.5, 0.6) is 0 Å². The largest absolute Gasteiger partial charge is 0.469 e. The van der Waals surface area contributed by atoms with Crippen LogP contribution in [0.1, 0.15) is 19.3 Å². The van der Waals surface area contributed by atoms with Crippen molar-refractivity contribution < 1.29 is 14.3 Å². The van der Waals surface area contributed by atoms with Crippen LogP contribution in [-0.4, -0.2) is 26.3 Å². The van der Waals surface area contributed by atoms with E-state index in [1.54, 1.807) is 6.08 Å². The summed E-state index contributed by atoms with van der Waals surface area (Å²) < 4.78 is 10.0. The van der Waals surface area contributed by atoms with Crippen molar-refractivity contribution in [3.05, 3.63) is 12.7 Å². The predicted molar refractivity (Wildman–Crippen MR) is 49.3 cm³/mol. The van der Waals surface area contributed by atoms with Crippen LogP contribution in [0.2, 0.25) is 0 Å². The first-order valence-electron chi connectivity index (χ1n) is 4.52. The monoisotopic (exact) mass is 184 g/mol.